The van der Waals surface area contributed by atoms with Gasteiger partial charge in [-0.2, -0.15) is 0 Å². The first-order chi connectivity index (χ1) is 5.04. The van der Waals surface area contributed by atoms with Gasteiger partial charge < -0.3 is 0 Å². The first-order valence-electron chi connectivity index (χ1n) is 2.52. The lowest BCUT2D eigenvalue weighted by Crippen LogP contribution is -1.84. The molecule has 0 radical (unpaired) electrons. The molecule has 0 saturated heterocycles. The molecule has 5 heteroatoms. The van der Waals surface area contributed by atoms with Crippen molar-refractivity contribution in [1.82, 2.24) is 0 Å². The van der Waals surface area contributed by atoms with Gasteiger partial charge in [0, 0.05) is 0 Å². The molecule has 0 aliphatic heterocycles. The maximum atomic E-state index is 12.8. The van der Waals surface area contributed by atoms with Gasteiger partial charge in [-0.3, -0.25) is 0 Å². The van der Waals surface area contributed by atoms with Crippen molar-refractivity contribution in [1.29, 1.82) is 0 Å². The standard InChI is InChI=1S/C6HCl3FI/c7-2-1-3(10)6(11)5(9)4(2)8/h1H. The van der Waals surface area contributed by atoms with E-state index in [9.17, 15) is 4.39 Å². The van der Waals surface area contributed by atoms with E-state index < -0.39 is 5.82 Å². The normalized spacial score (nSPS) is 10.3. The Kier molecular flexibility index (Phi) is 3.26. The zero-order chi connectivity index (χ0) is 8.59. The molecule has 0 amide bonds. The van der Waals surface area contributed by atoms with Gasteiger partial charge in [-0.05, 0) is 28.7 Å². The molecule has 0 heterocycles. The molecule has 0 unspecified atom stereocenters. The van der Waals surface area contributed by atoms with E-state index in [-0.39, 0.29) is 15.1 Å². The van der Waals surface area contributed by atoms with Crippen molar-refractivity contribution in [2.45, 2.75) is 0 Å². The van der Waals surface area contributed by atoms with Gasteiger partial charge in [0.25, 0.3) is 0 Å². The first kappa shape index (κ1) is 9.84. The number of halogens is 5. The SMILES string of the molecule is Fc1cc(Cl)c(Cl)c(Cl)c1I. The van der Waals surface area contributed by atoms with E-state index in [1.54, 1.807) is 22.6 Å². The van der Waals surface area contributed by atoms with Gasteiger partial charge in [0.05, 0.1) is 18.6 Å². The number of hydrogen-bond acceptors (Lipinski definition) is 0. The van der Waals surface area contributed by atoms with Gasteiger partial charge in [0.2, 0.25) is 0 Å². The van der Waals surface area contributed by atoms with Gasteiger partial charge in [0.15, 0.2) is 0 Å². The van der Waals surface area contributed by atoms with Crippen LogP contribution in [0.3, 0.4) is 0 Å². The highest BCUT2D eigenvalue weighted by molar-refractivity contribution is 14.1. The molecular formula is C6HCl3FI. The third kappa shape index (κ3) is 1.91. The second-order valence-corrected chi connectivity index (χ2v) is 4.02. The van der Waals surface area contributed by atoms with Crippen LogP contribution in [0.2, 0.25) is 15.1 Å². The zero-order valence-electron chi connectivity index (χ0n) is 4.97. The largest absolute Gasteiger partial charge is 0.206 e. The summed E-state index contributed by atoms with van der Waals surface area (Å²) in [4.78, 5) is 0. The summed E-state index contributed by atoms with van der Waals surface area (Å²) in [6, 6.07) is 1.14. The molecule has 0 aliphatic carbocycles. The summed E-state index contributed by atoms with van der Waals surface area (Å²) in [5, 5.41) is 0.492. The summed E-state index contributed by atoms with van der Waals surface area (Å²) in [5.74, 6) is -0.454. The van der Waals surface area contributed by atoms with E-state index in [0.29, 0.717) is 3.57 Å². The van der Waals surface area contributed by atoms with Gasteiger partial charge in [-0.15, -0.1) is 0 Å². The van der Waals surface area contributed by atoms with Crippen LogP contribution < -0.4 is 0 Å². The molecule has 0 atom stereocenters. The smallest absolute Gasteiger partial charge is 0.139 e. The quantitative estimate of drug-likeness (QED) is 0.377. The highest BCUT2D eigenvalue weighted by Crippen LogP contribution is 2.34. The van der Waals surface area contributed by atoms with E-state index in [1.807, 2.05) is 0 Å². The van der Waals surface area contributed by atoms with E-state index in [4.69, 9.17) is 34.8 Å². The summed E-state index contributed by atoms with van der Waals surface area (Å²) < 4.78 is 13.1. The van der Waals surface area contributed by atoms with Crippen molar-refractivity contribution in [3.05, 3.63) is 30.5 Å². The Labute approximate surface area is 91.8 Å². The predicted octanol–water partition coefficient (Wildman–Crippen LogP) is 4.39. The molecule has 0 spiro atoms. The van der Waals surface area contributed by atoms with Crippen LogP contribution in [-0.4, -0.2) is 0 Å². The van der Waals surface area contributed by atoms with Crippen molar-refractivity contribution in [2.24, 2.45) is 0 Å². The molecule has 0 fully saturated rings. The number of hydrogen-bond donors (Lipinski definition) is 0. The molecule has 0 aliphatic rings. The fraction of sp³-hybridized carbons (Fsp3) is 0. The third-order valence-corrected chi connectivity index (χ3v) is 3.69. The molecule has 0 aromatic heterocycles. The molecule has 0 nitrogen and oxygen atoms in total. The van der Waals surface area contributed by atoms with Crippen LogP contribution in [0.1, 0.15) is 0 Å². The highest BCUT2D eigenvalue weighted by atomic mass is 127. The maximum Gasteiger partial charge on any atom is 0.139 e. The Balaban J connectivity index is 3.46. The van der Waals surface area contributed by atoms with Crippen LogP contribution in [0.15, 0.2) is 6.07 Å². The van der Waals surface area contributed by atoms with Gasteiger partial charge >= 0.3 is 0 Å². The molecule has 0 saturated carbocycles. The van der Waals surface area contributed by atoms with Crippen LogP contribution in [-0.2, 0) is 0 Å². The Morgan fingerprint density at radius 2 is 1.73 bits per heavy atom. The minimum Gasteiger partial charge on any atom is -0.206 e. The average molecular weight is 325 g/mol. The second kappa shape index (κ2) is 3.64. The summed E-state index contributed by atoms with van der Waals surface area (Å²) >= 11 is 18.5. The van der Waals surface area contributed by atoms with Crippen molar-refractivity contribution >= 4 is 57.4 Å². The lowest BCUT2D eigenvalue weighted by molar-refractivity contribution is 0.620. The molecule has 0 N–H and O–H groups in total. The minimum atomic E-state index is -0.454. The van der Waals surface area contributed by atoms with E-state index in [2.05, 4.69) is 0 Å². The van der Waals surface area contributed by atoms with Crippen LogP contribution in [0.25, 0.3) is 0 Å². The van der Waals surface area contributed by atoms with Gasteiger partial charge in [0.1, 0.15) is 5.82 Å². The maximum absolute atomic E-state index is 12.8. The zero-order valence-corrected chi connectivity index (χ0v) is 9.39. The minimum absolute atomic E-state index is 0.134. The molecule has 1 aromatic rings. The van der Waals surface area contributed by atoms with Crippen LogP contribution >= 0.6 is 57.4 Å². The Bertz CT molecular complexity index is 274. The fourth-order valence-corrected chi connectivity index (χ4v) is 1.71. The van der Waals surface area contributed by atoms with Crippen molar-refractivity contribution in [3.8, 4) is 0 Å². The van der Waals surface area contributed by atoms with Crippen molar-refractivity contribution in [2.75, 3.05) is 0 Å². The lowest BCUT2D eigenvalue weighted by atomic mass is 10.3. The average Bonchev–Trinajstić information content (AvgIpc) is 1.97. The molecule has 1 aromatic carbocycles. The van der Waals surface area contributed by atoms with E-state index in [0.717, 1.165) is 6.07 Å². The lowest BCUT2D eigenvalue weighted by Gasteiger charge is -2.01. The van der Waals surface area contributed by atoms with Crippen LogP contribution in [0, 0.1) is 9.39 Å². The second-order valence-electron chi connectivity index (χ2n) is 1.78. The molecule has 0 bridgehead atoms. The number of benzene rings is 1. The molecular weight excluding hydrogens is 324 g/mol. The monoisotopic (exact) mass is 324 g/mol. The summed E-state index contributed by atoms with van der Waals surface area (Å²) in [5.41, 5.74) is 0. The molecule has 11 heavy (non-hydrogen) atoms. The first-order valence-corrected chi connectivity index (χ1v) is 4.73. The summed E-state index contributed by atoms with van der Waals surface area (Å²) in [6.45, 7) is 0. The van der Waals surface area contributed by atoms with Crippen LogP contribution in [0.4, 0.5) is 4.39 Å². The highest BCUT2D eigenvalue weighted by Gasteiger charge is 2.11. The van der Waals surface area contributed by atoms with E-state index >= 15 is 0 Å². The predicted molar refractivity (Wildman–Crippen MR) is 54.1 cm³/mol. The Morgan fingerprint density at radius 3 is 2.27 bits per heavy atom. The fourth-order valence-electron chi connectivity index (χ4n) is 0.544. The molecule has 60 valence electrons. The summed E-state index contributed by atoms with van der Waals surface area (Å²) in [6.07, 6.45) is 0. The van der Waals surface area contributed by atoms with Crippen LogP contribution in [0.5, 0.6) is 0 Å². The van der Waals surface area contributed by atoms with Crippen molar-refractivity contribution in [3.63, 3.8) is 0 Å². The van der Waals surface area contributed by atoms with Gasteiger partial charge in [-0.1, -0.05) is 34.8 Å². The third-order valence-electron chi connectivity index (χ3n) is 1.06. The Hall–Kier alpha value is 0.750. The summed E-state index contributed by atoms with van der Waals surface area (Å²) in [7, 11) is 0. The topological polar surface area (TPSA) is 0 Å². The molecule has 1 rings (SSSR count). The van der Waals surface area contributed by atoms with E-state index in [1.165, 1.54) is 0 Å². The van der Waals surface area contributed by atoms with Gasteiger partial charge in [-0.25, -0.2) is 4.39 Å². The number of rotatable bonds is 0. The van der Waals surface area contributed by atoms with Crippen molar-refractivity contribution < 1.29 is 4.39 Å². The Morgan fingerprint density at radius 1 is 1.18 bits per heavy atom.